The second-order valence-corrected chi connectivity index (χ2v) is 7.37. The summed E-state index contributed by atoms with van der Waals surface area (Å²) in [6.07, 6.45) is -0.692. The summed E-state index contributed by atoms with van der Waals surface area (Å²) in [4.78, 5) is 11.6. The van der Waals surface area contributed by atoms with Crippen molar-refractivity contribution in [2.45, 2.75) is 25.7 Å². The van der Waals surface area contributed by atoms with Gasteiger partial charge in [-0.25, -0.2) is 13.2 Å². The first kappa shape index (κ1) is 19.6. The normalized spacial score (nSPS) is 10.9. The van der Waals surface area contributed by atoms with E-state index >= 15 is 0 Å². The molecule has 0 spiro atoms. The van der Waals surface area contributed by atoms with Gasteiger partial charge in [-0.2, -0.15) is 0 Å². The number of methoxy groups -OCH3 is 1. The molecule has 8 heteroatoms. The molecule has 2 aromatic carbocycles. The third kappa shape index (κ3) is 4.89. The predicted octanol–water partition coefficient (Wildman–Crippen LogP) is 3.68. The molecule has 7 nitrogen and oxygen atoms in total. The lowest BCUT2D eigenvalue weighted by Gasteiger charge is -2.14. The lowest BCUT2D eigenvalue weighted by molar-refractivity contribution is 0.168. The first-order valence-corrected chi connectivity index (χ1v) is 9.46. The zero-order chi connectivity index (χ0) is 19.3. The minimum absolute atomic E-state index is 0.00995. The fraction of sp³-hybridized carbons (Fsp3) is 0.278. The first-order chi connectivity index (χ1) is 12.2. The van der Waals surface area contributed by atoms with Crippen molar-refractivity contribution in [3.05, 3.63) is 47.5 Å². The average molecular weight is 378 g/mol. The fourth-order valence-corrected chi connectivity index (χ4v) is 3.54. The van der Waals surface area contributed by atoms with Crippen LogP contribution in [0.3, 0.4) is 0 Å². The molecule has 0 saturated carbocycles. The zero-order valence-electron chi connectivity index (χ0n) is 15.1. The number of benzene rings is 2. The zero-order valence-corrected chi connectivity index (χ0v) is 15.9. The van der Waals surface area contributed by atoms with Gasteiger partial charge in [-0.15, -0.1) is 0 Å². The number of ether oxygens (including phenoxy) is 2. The molecule has 2 aromatic rings. The van der Waals surface area contributed by atoms with Crippen molar-refractivity contribution in [3.63, 3.8) is 0 Å². The molecule has 0 aliphatic heterocycles. The smallest absolute Gasteiger partial charge is 0.411 e. The van der Waals surface area contributed by atoms with Gasteiger partial charge in [0.05, 0.1) is 24.3 Å². The van der Waals surface area contributed by atoms with Crippen LogP contribution in [-0.4, -0.2) is 28.2 Å². The van der Waals surface area contributed by atoms with Gasteiger partial charge in [0.2, 0.25) is 0 Å². The number of sulfonamides is 1. The number of anilines is 2. The van der Waals surface area contributed by atoms with Gasteiger partial charge in [-0.1, -0.05) is 6.07 Å². The van der Waals surface area contributed by atoms with E-state index in [1.165, 1.54) is 25.3 Å². The van der Waals surface area contributed by atoms with Crippen LogP contribution in [-0.2, 0) is 14.8 Å². The van der Waals surface area contributed by atoms with Gasteiger partial charge >= 0.3 is 6.09 Å². The number of rotatable bonds is 6. The van der Waals surface area contributed by atoms with Crippen LogP contribution in [0.25, 0.3) is 0 Å². The van der Waals surface area contributed by atoms with Crippen molar-refractivity contribution >= 4 is 27.5 Å². The lowest BCUT2D eigenvalue weighted by atomic mass is 10.1. The number of nitrogens with one attached hydrogen (secondary N) is 2. The Balaban J connectivity index is 2.35. The molecule has 1 amide bonds. The first-order valence-electron chi connectivity index (χ1n) is 7.98. The SMILES string of the molecule is CCOC(=O)Nc1cc(S(=O)(=O)Nc2cc(C)cc(C)c2)ccc1OC. The van der Waals surface area contributed by atoms with Crippen molar-refractivity contribution in [3.8, 4) is 5.75 Å². The van der Waals surface area contributed by atoms with Gasteiger partial charge in [0.1, 0.15) is 5.75 Å². The maximum absolute atomic E-state index is 12.7. The van der Waals surface area contributed by atoms with Crippen molar-refractivity contribution in [1.82, 2.24) is 0 Å². The molecule has 0 atom stereocenters. The molecule has 2 N–H and O–H groups in total. The van der Waals surface area contributed by atoms with E-state index in [1.807, 2.05) is 19.9 Å². The van der Waals surface area contributed by atoms with Gasteiger partial charge in [-0.05, 0) is 62.2 Å². The van der Waals surface area contributed by atoms with E-state index in [4.69, 9.17) is 9.47 Å². The van der Waals surface area contributed by atoms with E-state index in [-0.39, 0.29) is 17.2 Å². The van der Waals surface area contributed by atoms with Crippen LogP contribution in [0.5, 0.6) is 5.75 Å². The summed E-state index contributed by atoms with van der Waals surface area (Å²) in [6.45, 7) is 5.64. The monoisotopic (exact) mass is 378 g/mol. The van der Waals surface area contributed by atoms with E-state index < -0.39 is 16.1 Å². The van der Waals surface area contributed by atoms with Crippen molar-refractivity contribution in [2.75, 3.05) is 23.8 Å². The summed E-state index contributed by atoms with van der Waals surface area (Å²) in [5, 5.41) is 2.48. The second kappa shape index (κ2) is 8.09. The fourth-order valence-electron chi connectivity index (χ4n) is 2.48. The Morgan fingerprint density at radius 3 is 2.31 bits per heavy atom. The van der Waals surface area contributed by atoms with Crippen LogP contribution < -0.4 is 14.8 Å². The quantitative estimate of drug-likeness (QED) is 0.800. The van der Waals surface area contributed by atoms with E-state index in [1.54, 1.807) is 19.1 Å². The molecule has 0 aliphatic rings. The molecule has 0 fully saturated rings. The highest BCUT2D eigenvalue weighted by Crippen LogP contribution is 2.29. The minimum atomic E-state index is -3.84. The molecule has 0 saturated heterocycles. The van der Waals surface area contributed by atoms with Crippen molar-refractivity contribution in [1.29, 1.82) is 0 Å². The predicted molar refractivity (Wildman–Crippen MR) is 100 cm³/mol. The van der Waals surface area contributed by atoms with Crippen LogP contribution in [0, 0.1) is 13.8 Å². The van der Waals surface area contributed by atoms with E-state index in [2.05, 4.69) is 10.0 Å². The molecule has 0 radical (unpaired) electrons. The number of hydrogen-bond acceptors (Lipinski definition) is 5. The Morgan fingerprint density at radius 1 is 1.08 bits per heavy atom. The maximum Gasteiger partial charge on any atom is 0.411 e. The van der Waals surface area contributed by atoms with E-state index in [9.17, 15) is 13.2 Å². The Kier molecular flexibility index (Phi) is 6.10. The summed E-state index contributed by atoms with van der Waals surface area (Å²) >= 11 is 0. The van der Waals surface area contributed by atoms with Crippen LogP contribution in [0.15, 0.2) is 41.3 Å². The van der Waals surface area contributed by atoms with Gasteiger partial charge in [-0.3, -0.25) is 10.0 Å². The van der Waals surface area contributed by atoms with Gasteiger partial charge in [0.25, 0.3) is 10.0 Å². The average Bonchev–Trinajstić information content (AvgIpc) is 2.53. The van der Waals surface area contributed by atoms with Crippen LogP contribution in [0.2, 0.25) is 0 Å². The van der Waals surface area contributed by atoms with Gasteiger partial charge in [0, 0.05) is 5.69 Å². The Hall–Kier alpha value is -2.74. The molecular formula is C18H22N2O5S. The molecule has 0 aliphatic carbocycles. The Morgan fingerprint density at radius 2 is 1.73 bits per heavy atom. The molecule has 2 rings (SSSR count). The summed E-state index contributed by atoms with van der Waals surface area (Å²) in [6, 6.07) is 9.63. The lowest BCUT2D eigenvalue weighted by Crippen LogP contribution is -2.16. The maximum atomic E-state index is 12.7. The molecule has 0 unspecified atom stereocenters. The highest BCUT2D eigenvalue weighted by Gasteiger charge is 2.18. The van der Waals surface area contributed by atoms with Crippen LogP contribution in [0.4, 0.5) is 16.2 Å². The third-order valence-electron chi connectivity index (χ3n) is 3.47. The summed E-state index contributed by atoms with van der Waals surface area (Å²) in [7, 11) is -2.42. The highest BCUT2D eigenvalue weighted by atomic mass is 32.2. The topological polar surface area (TPSA) is 93.7 Å². The second-order valence-electron chi connectivity index (χ2n) is 5.69. The van der Waals surface area contributed by atoms with Crippen LogP contribution in [0.1, 0.15) is 18.1 Å². The van der Waals surface area contributed by atoms with Crippen LogP contribution >= 0.6 is 0 Å². The number of aryl methyl sites for hydroxylation is 2. The largest absolute Gasteiger partial charge is 0.495 e. The number of carbonyl (C=O) groups excluding carboxylic acids is 1. The van der Waals surface area contributed by atoms with Crippen molar-refractivity contribution < 1.29 is 22.7 Å². The van der Waals surface area contributed by atoms with Gasteiger partial charge in [0.15, 0.2) is 0 Å². The van der Waals surface area contributed by atoms with E-state index in [0.717, 1.165) is 11.1 Å². The number of hydrogen-bond donors (Lipinski definition) is 2. The minimum Gasteiger partial charge on any atom is -0.495 e. The van der Waals surface area contributed by atoms with E-state index in [0.29, 0.717) is 11.4 Å². The van der Waals surface area contributed by atoms with Gasteiger partial charge < -0.3 is 9.47 Å². The molecule has 0 bridgehead atoms. The molecule has 140 valence electrons. The van der Waals surface area contributed by atoms with Crippen molar-refractivity contribution in [2.24, 2.45) is 0 Å². The summed E-state index contributed by atoms with van der Waals surface area (Å²) < 4.78 is 37.9. The molecule has 26 heavy (non-hydrogen) atoms. The Labute approximate surface area is 153 Å². The summed E-state index contributed by atoms with van der Waals surface area (Å²) in [5.74, 6) is 0.323. The summed E-state index contributed by atoms with van der Waals surface area (Å²) in [5.41, 5.74) is 2.57. The number of amides is 1. The molecule has 0 heterocycles. The molecular weight excluding hydrogens is 356 g/mol. The molecule has 0 aromatic heterocycles. The number of carbonyl (C=O) groups is 1. The third-order valence-corrected chi connectivity index (χ3v) is 4.85. The Bertz CT molecular complexity index is 890. The standard InChI is InChI=1S/C18H22N2O5S/c1-5-25-18(21)19-16-11-15(6-7-17(16)24-4)26(22,23)20-14-9-12(2)8-13(3)10-14/h6-11,20H,5H2,1-4H3,(H,19,21). The highest BCUT2D eigenvalue weighted by molar-refractivity contribution is 7.92.